The van der Waals surface area contributed by atoms with Crippen molar-refractivity contribution in [2.75, 3.05) is 18.0 Å². The molecule has 0 unspecified atom stereocenters. The number of urea groups is 1. The molecule has 36 heavy (non-hydrogen) atoms. The van der Waals surface area contributed by atoms with Gasteiger partial charge in [-0.2, -0.15) is 0 Å². The number of nitrogens with zero attached hydrogens (tertiary/aromatic N) is 1. The molecule has 6 nitrogen and oxygen atoms in total. The summed E-state index contributed by atoms with van der Waals surface area (Å²) in [6, 6.07) is 24.3. The Labute approximate surface area is 214 Å². The zero-order chi connectivity index (χ0) is 25.8. The summed E-state index contributed by atoms with van der Waals surface area (Å²) < 4.78 is 0. The van der Waals surface area contributed by atoms with Gasteiger partial charge in [0.1, 0.15) is 5.75 Å². The second-order valence-electron chi connectivity index (χ2n) is 9.02. The van der Waals surface area contributed by atoms with Crippen molar-refractivity contribution in [3.63, 3.8) is 0 Å². The molecule has 0 aliphatic heterocycles. The summed E-state index contributed by atoms with van der Waals surface area (Å²) in [6.07, 6.45) is 5.85. The molecule has 0 bridgehead atoms. The van der Waals surface area contributed by atoms with E-state index in [1.54, 1.807) is 6.07 Å². The summed E-state index contributed by atoms with van der Waals surface area (Å²) in [4.78, 5) is 26.9. The van der Waals surface area contributed by atoms with E-state index in [-0.39, 0.29) is 23.1 Å². The van der Waals surface area contributed by atoms with Gasteiger partial charge in [0.25, 0.3) is 5.91 Å². The molecule has 0 saturated heterocycles. The molecule has 3 aromatic carbocycles. The SMILES string of the molecule is CCCCCCCN(C(N)=O)c1ccc(O)cc1C(=O)NCCC(c1ccccc1)c1ccccc1. The first-order valence-corrected chi connectivity index (χ1v) is 12.8. The third kappa shape index (κ3) is 7.60. The van der Waals surface area contributed by atoms with Crippen LogP contribution in [0.15, 0.2) is 78.9 Å². The number of primary amides is 1. The van der Waals surface area contributed by atoms with Gasteiger partial charge in [-0.25, -0.2) is 4.79 Å². The van der Waals surface area contributed by atoms with Gasteiger partial charge in [-0.1, -0.05) is 93.3 Å². The van der Waals surface area contributed by atoms with Crippen molar-refractivity contribution >= 4 is 17.6 Å². The first-order chi connectivity index (χ1) is 17.5. The number of nitrogens with one attached hydrogen (secondary N) is 1. The van der Waals surface area contributed by atoms with E-state index in [4.69, 9.17) is 5.73 Å². The van der Waals surface area contributed by atoms with Gasteiger partial charge in [-0.15, -0.1) is 0 Å². The van der Waals surface area contributed by atoms with E-state index in [1.165, 1.54) is 28.2 Å². The third-order valence-electron chi connectivity index (χ3n) is 6.39. The minimum absolute atomic E-state index is 0.0392. The van der Waals surface area contributed by atoms with E-state index in [1.807, 2.05) is 36.4 Å². The van der Waals surface area contributed by atoms with Gasteiger partial charge in [0.15, 0.2) is 0 Å². The number of unbranched alkanes of at least 4 members (excludes halogenated alkanes) is 4. The molecule has 0 saturated carbocycles. The fourth-order valence-corrected chi connectivity index (χ4v) is 4.49. The summed E-state index contributed by atoms with van der Waals surface area (Å²) in [7, 11) is 0. The van der Waals surface area contributed by atoms with Gasteiger partial charge in [0.2, 0.25) is 0 Å². The van der Waals surface area contributed by atoms with Crippen LogP contribution >= 0.6 is 0 Å². The number of carbonyl (C=O) groups is 2. The number of benzene rings is 3. The Morgan fingerprint density at radius 1 is 0.889 bits per heavy atom. The van der Waals surface area contributed by atoms with Crippen LogP contribution in [0.4, 0.5) is 10.5 Å². The molecule has 0 aliphatic rings. The fraction of sp³-hybridized carbons (Fsp3) is 0.333. The Kier molecular flexibility index (Phi) is 10.4. The molecule has 0 atom stereocenters. The van der Waals surface area contributed by atoms with Crippen molar-refractivity contribution in [1.29, 1.82) is 0 Å². The maximum atomic E-state index is 13.2. The lowest BCUT2D eigenvalue weighted by atomic mass is 9.88. The van der Waals surface area contributed by atoms with E-state index < -0.39 is 6.03 Å². The van der Waals surface area contributed by atoms with Crippen LogP contribution in [0.5, 0.6) is 5.75 Å². The molecule has 6 heteroatoms. The summed E-state index contributed by atoms with van der Waals surface area (Å²) in [5.74, 6) is -0.262. The number of phenolic OH excluding ortho intramolecular Hbond substituents is 1. The van der Waals surface area contributed by atoms with Gasteiger partial charge in [-0.3, -0.25) is 9.69 Å². The first kappa shape index (κ1) is 26.8. The Bertz CT molecular complexity index is 1060. The van der Waals surface area contributed by atoms with Crippen LogP contribution in [0.3, 0.4) is 0 Å². The lowest BCUT2D eigenvalue weighted by Gasteiger charge is -2.23. The van der Waals surface area contributed by atoms with Crippen LogP contribution < -0.4 is 16.0 Å². The van der Waals surface area contributed by atoms with Crippen LogP contribution in [0.1, 0.15) is 72.9 Å². The molecular weight excluding hydrogens is 450 g/mol. The largest absolute Gasteiger partial charge is 0.508 e. The van der Waals surface area contributed by atoms with E-state index in [0.717, 1.165) is 32.1 Å². The van der Waals surface area contributed by atoms with Gasteiger partial charge in [0, 0.05) is 19.0 Å². The number of amides is 3. The van der Waals surface area contributed by atoms with Crippen molar-refractivity contribution in [3.05, 3.63) is 95.6 Å². The van der Waals surface area contributed by atoms with Crippen molar-refractivity contribution in [2.24, 2.45) is 5.73 Å². The highest BCUT2D eigenvalue weighted by Crippen LogP contribution is 2.28. The normalized spacial score (nSPS) is 10.8. The molecule has 0 aliphatic carbocycles. The maximum absolute atomic E-state index is 13.2. The quantitative estimate of drug-likeness (QED) is 0.251. The molecule has 4 N–H and O–H groups in total. The lowest BCUT2D eigenvalue weighted by Crippen LogP contribution is -2.38. The molecule has 3 amide bonds. The number of rotatable bonds is 13. The Balaban J connectivity index is 1.72. The zero-order valence-electron chi connectivity index (χ0n) is 21.0. The topological polar surface area (TPSA) is 95.7 Å². The average Bonchev–Trinajstić information content (AvgIpc) is 2.90. The highest BCUT2D eigenvalue weighted by Gasteiger charge is 2.21. The average molecular weight is 488 g/mol. The molecule has 3 aromatic rings. The summed E-state index contributed by atoms with van der Waals surface area (Å²) >= 11 is 0. The number of anilines is 1. The van der Waals surface area contributed by atoms with E-state index in [2.05, 4.69) is 36.5 Å². The monoisotopic (exact) mass is 487 g/mol. The van der Waals surface area contributed by atoms with Crippen LogP contribution in [-0.4, -0.2) is 30.1 Å². The van der Waals surface area contributed by atoms with Crippen LogP contribution in [0.2, 0.25) is 0 Å². The minimum Gasteiger partial charge on any atom is -0.508 e. The van der Waals surface area contributed by atoms with E-state index in [0.29, 0.717) is 25.2 Å². The van der Waals surface area contributed by atoms with Crippen molar-refractivity contribution < 1.29 is 14.7 Å². The molecule has 0 heterocycles. The number of nitrogens with two attached hydrogens (primary N) is 1. The zero-order valence-corrected chi connectivity index (χ0v) is 21.0. The lowest BCUT2D eigenvalue weighted by molar-refractivity contribution is 0.0953. The van der Waals surface area contributed by atoms with Crippen molar-refractivity contribution in [2.45, 2.75) is 51.4 Å². The number of hydrogen-bond acceptors (Lipinski definition) is 3. The number of carbonyl (C=O) groups excluding carboxylic acids is 2. The van der Waals surface area contributed by atoms with Crippen LogP contribution in [-0.2, 0) is 0 Å². The molecule has 0 fully saturated rings. The van der Waals surface area contributed by atoms with E-state index >= 15 is 0 Å². The van der Waals surface area contributed by atoms with Gasteiger partial charge in [0.05, 0.1) is 11.3 Å². The first-order valence-electron chi connectivity index (χ1n) is 12.8. The Hall–Kier alpha value is -3.80. The standard InChI is InChI=1S/C30H37N3O3/c1-2-3-4-5-12-21-33(30(31)36)28-18-17-25(34)22-27(28)29(35)32-20-19-26(23-13-8-6-9-14-23)24-15-10-7-11-16-24/h6-11,13-18,22,26,34H,2-5,12,19-21H2,1H3,(H2,31,36)(H,32,35). The van der Waals surface area contributed by atoms with Gasteiger partial charge < -0.3 is 16.2 Å². The summed E-state index contributed by atoms with van der Waals surface area (Å²) in [5.41, 5.74) is 8.68. The van der Waals surface area contributed by atoms with Gasteiger partial charge in [-0.05, 0) is 42.2 Å². The second kappa shape index (κ2) is 13.9. The highest BCUT2D eigenvalue weighted by atomic mass is 16.3. The Morgan fingerprint density at radius 3 is 2.08 bits per heavy atom. The highest BCUT2D eigenvalue weighted by molar-refractivity contribution is 6.04. The molecule has 190 valence electrons. The Morgan fingerprint density at radius 2 is 1.50 bits per heavy atom. The van der Waals surface area contributed by atoms with Crippen LogP contribution in [0, 0.1) is 0 Å². The second-order valence-corrected chi connectivity index (χ2v) is 9.02. The minimum atomic E-state index is -0.613. The number of hydrogen-bond donors (Lipinski definition) is 3. The summed E-state index contributed by atoms with van der Waals surface area (Å²) in [6.45, 7) is 3.00. The summed E-state index contributed by atoms with van der Waals surface area (Å²) in [5, 5.41) is 13.1. The smallest absolute Gasteiger partial charge is 0.319 e. The molecule has 0 aromatic heterocycles. The molecule has 3 rings (SSSR count). The fourth-order valence-electron chi connectivity index (χ4n) is 4.49. The van der Waals surface area contributed by atoms with Crippen molar-refractivity contribution in [1.82, 2.24) is 5.32 Å². The predicted octanol–water partition coefficient (Wildman–Crippen LogP) is 6.20. The molecule has 0 spiro atoms. The van der Waals surface area contributed by atoms with Crippen molar-refractivity contribution in [3.8, 4) is 5.75 Å². The number of phenols is 1. The predicted molar refractivity (Wildman–Crippen MR) is 145 cm³/mol. The number of aromatic hydroxyl groups is 1. The van der Waals surface area contributed by atoms with Crippen LogP contribution in [0.25, 0.3) is 0 Å². The third-order valence-corrected chi connectivity index (χ3v) is 6.39. The van der Waals surface area contributed by atoms with E-state index in [9.17, 15) is 14.7 Å². The maximum Gasteiger partial charge on any atom is 0.319 e. The van der Waals surface area contributed by atoms with Gasteiger partial charge >= 0.3 is 6.03 Å². The molecule has 0 radical (unpaired) electrons. The molecular formula is C30H37N3O3.